The van der Waals surface area contributed by atoms with E-state index in [0.717, 1.165) is 61.6 Å². The summed E-state index contributed by atoms with van der Waals surface area (Å²) >= 11 is 2.98. The monoisotopic (exact) mass is 2090 g/mol. The largest absolute Gasteiger partial charge is 2.00 e. The Kier molecular flexibility index (Phi) is 28.7. The second-order valence-corrected chi connectivity index (χ2v) is 33.8. The van der Waals surface area contributed by atoms with Crippen molar-refractivity contribution >= 4 is 120 Å². The van der Waals surface area contributed by atoms with Gasteiger partial charge in [0.2, 0.25) is 63.0 Å². The zero-order valence-electron chi connectivity index (χ0n) is 76.5. The van der Waals surface area contributed by atoms with Crippen molar-refractivity contribution < 1.29 is 171 Å². The number of amides is 6. The number of para-hydroxylation sites is 6. The summed E-state index contributed by atoms with van der Waals surface area (Å²) in [5.74, 6) is 2.86. The van der Waals surface area contributed by atoms with Crippen molar-refractivity contribution in [2.24, 2.45) is 0 Å². The van der Waals surface area contributed by atoms with Crippen LogP contribution >= 0.6 is 15.9 Å². The molecule has 0 saturated heterocycles. The number of hydrogen-bond acceptors (Lipinski definition) is 31. The van der Waals surface area contributed by atoms with Crippen molar-refractivity contribution in [2.75, 3.05) is 104 Å². The fraction of sp³-hybridized carbons (Fsp3) is 0.184. The van der Waals surface area contributed by atoms with E-state index in [4.69, 9.17) is 66.7 Å². The number of aromatic hydroxyl groups is 4. The molecule has 15 heterocycles. The van der Waals surface area contributed by atoms with Crippen molar-refractivity contribution in [3.05, 3.63) is 316 Å². The molecule has 37 nitrogen and oxygen atoms in total. The summed E-state index contributed by atoms with van der Waals surface area (Å²) in [6, 6.07) is 65.9. The van der Waals surface area contributed by atoms with Crippen LogP contribution in [-0.2, 0) is 67.2 Å². The van der Waals surface area contributed by atoms with E-state index in [0.29, 0.717) is 133 Å². The number of hydrogen-bond donors (Lipinski definition) is 13. The van der Waals surface area contributed by atoms with Crippen molar-refractivity contribution in [3.8, 4) is 97.7 Å². The van der Waals surface area contributed by atoms with Crippen LogP contribution < -0.4 is 110 Å². The normalized spacial score (nSPS) is 19.4. The number of alkyl halides is 4. The van der Waals surface area contributed by atoms with Gasteiger partial charge in [-0.1, -0.05) is 119 Å². The summed E-state index contributed by atoms with van der Waals surface area (Å²) in [5.41, 5.74) is 5.08. The van der Waals surface area contributed by atoms with E-state index in [1.807, 2.05) is 105 Å². The molecule has 12 aromatic carbocycles. The number of benzene rings is 12. The van der Waals surface area contributed by atoms with Gasteiger partial charge < -0.3 is 147 Å². The molecule has 6 amide bonds. The first-order valence-corrected chi connectivity index (χ1v) is 45.2. The van der Waals surface area contributed by atoms with E-state index in [9.17, 15) is 82.6 Å². The zero-order valence-corrected chi connectivity index (χ0v) is 80.3. The maximum absolute atomic E-state index is 13.1. The predicted octanol–water partition coefficient (Wildman–Crippen LogP) is 11.1. The SMILES string of the molecule is C[CH-]C.FC(F)(F)c1ccc(CBr)o1.O=C1N(CO)c2ccccc2C1(OO)c1cc2c(cc1O)OCO2.O=C1N(CO)c2ccccc2C12COc1cc3c(cc12)OCO3.O=C1Nc2ccccc2C1(O)c1cc2c(cc1O)OCO2.O=C1Nc2ccccc2C12COc1cc3c(cc12)OCO3.O=C1Nc2ccccc2C1=O.O=C1Nc2ccccc2C1c1cc2c(cc1O)OCO2.Oc1ccc2c(c1)OCN2.[Cl-].[Mg+2]. The van der Waals surface area contributed by atoms with Gasteiger partial charge in [-0.2, -0.15) is 27.0 Å². The Hall–Kier alpha value is -16.1. The summed E-state index contributed by atoms with van der Waals surface area (Å²) in [7, 11) is 0. The van der Waals surface area contributed by atoms with Gasteiger partial charge in [0, 0.05) is 92.4 Å². The van der Waals surface area contributed by atoms with Crippen molar-refractivity contribution in [2.45, 2.75) is 53.3 Å². The molecular formula is C103H82BrClF3MgN7O30. The number of fused-ring (bicyclic) bond motifs is 18. The van der Waals surface area contributed by atoms with Gasteiger partial charge in [0.1, 0.15) is 83.5 Å². The van der Waals surface area contributed by atoms with E-state index in [1.54, 1.807) is 109 Å². The van der Waals surface area contributed by atoms with Crippen LogP contribution in [-0.4, -0.2) is 173 Å². The second kappa shape index (κ2) is 41.3. The van der Waals surface area contributed by atoms with E-state index in [1.165, 1.54) is 41.3 Å². The molecule has 1 aromatic heterocycles. The number of ketones is 1. The van der Waals surface area contributed by atoms with Crippen LogP contribution in [0.4, 0.5) is 53.0 Å². The summed E-state index contributed by atoms with van der Waals surface area (Å²) in [4.78, 5) is 91.9. The van der Waals surface area contributed by atoms with Crippen LogP contribution in [0.2, 0.25) is 0 Å². The Labute approximate surface area is 856 Å². The van der Waals surface area contributed by atoms with Gasteiger partial charge in [-0.3, -0.25) is 48.6 Å². The molecule has 2 spiro atoms. The molecular weight excluding hydrogens is 2010 g/mol. The number of halogens is 5. The third-order valence-corrected chi connectivity index (χ3v) is 25.6. The van der Waals surface area contributed by atoms with Gasteiger partial charge in [-0.05, 0) is 114 Å². The van der Waals surface area contributed by atoms with Crippen molar-refractivity contribution in [1.82, 2.24) is 0 Å². The van der Waals surface area contributed by atoms with Crippen LogP contribution in [0.15, 0.2) is 241 Å². The number of Topliss-reactive ketones (excluding diaryl/α,β-unsaturated/α-hetero) is 1. The minimum atomic E-state index is -4.37. The molecule has 0 radical (unpaired) electrons. The minimum absolute atomic E-state index is 0. The number of nitrogens with one attached hydrogen (secondary N) is 5. The maximum Gasteiger partial charge on any atom is 2.00 e. The molecule has 0 fully saturated rings. The van der Waals surface area contributed by atoms with Gasteiger partial charge in [-0.15, -0.1) is 0 Å². The Bertz CT molecular complexity index is 7340. The molecule has 0 bridgehead atoms. The number of rotatable bonds is 7. The smallest absolute Gasteiger partial charge is 1.00 e. The molecule has 13 N–H and O–H groups in total. The third kappa shape index (κ3) is 17.9. The zero-order chi connectivity index (χ0) is 101. The van der Waals surface area contributed by atoms with Gasteiger partial charge >= 0.3 is 29.2 Å². The van der Waals surface area contributed by atoms with Gasteiger partial charge in [0.15, 0.2) is 69.8 Å². The number of carbonyl (C=O) groups excluding carboxylic acids is 7. The fourth-order valence-electron chi connectivity index (χ4n) is 18.3. The molecule has 14 aliphatic heterocycles. The number of carbonyl (C=O) groups is 7. The summed E-state index contributed by atoms with van der Waals surface area (Å²) in [5, 5.41) is 93.6. The van der Waals surface area contributed by atoms with Gasteiger partial charge in [-0.25, -0.2) is 4.89 Å². The molecule has 146 heavy (non-hydrogen) atoms. The number of nitrogens with zero attached hydrogens (tertiary/aromatic N) is 2. The molecule has 5 atom stereocenters. The van der Waals surface area contributed by atoms with E-state index >= 15 is 0 Å². The van der Waals surface area contributed by atoms with Gasteiger partial charge in [0.25, 0.3) is 23.5 Å². The fourth-order valence-corrected chi connectivity index (χ4v) is 18.6. The first-order chi connectivity index (χ1) is 69.6. The Balaban J connectivity index is 0.000000115. The summed E-state index contributed by atoms with van der Waals surface area (Å²) < 4.78 is 110. The molecule has 13 aromatic rings. The maximum atomic E-state index is 13.1. The number of furan rings is 1. The summed E-state index contributed by atoms with van der Waals surface area (Å²) in [6.07, 6.45) is -2.37. The standard InChI is InChI=1S/C17H13NO5.C16H13NO7.C16H11NO4.C15H11NO5.C15H11NO4.C8H5NO2.C7H7NO2.C6H4BrF3O.C3H7.ClH.Mg/c19-8-18-12-4-2-1-3-10(12)17(16(18)20)7-21-13-6-15-14(5-11(13)17)22-9-23-15;18-7-17-11-4-2-1-3-9(11)16(24-21,15(17)20)10-5-13-14(6-12(10)19)23-8-22-13;18-15-16(9-3-1-2-4-11(9)17-15)7-19-12-6-14-13(5-10(12)16)20-8-21-14;17-11-6-13-12(20-7-21-13)5-9(11)15(19)8-3-1-2-4-10(8)16-14(15)18;17-11-6-13-12(19-7-20-13)5-9(11)14-8-3-1-2-4-10(8)16-15(14)18;10-7-5-3-1-2-4-6(5)9-8(7)11;9-5-1-2-6-7(3-5)10-4-8-6;7-3-4-1-2-5(11-4)6(8,9)10;1-3-2;;/h1-6,19H,7-9H2;1-6,18-19,21H,7-8H2;1-6H,7-8H2,(H,17,18);1-6,17,19H,7H2,(H,16,18);1-6,14,17H,7H2,(H,16,18);1-4H,(H,9,10,11);1-3,8-9H,4H2;1-2H,3H2;3H,1-2H3;1H;/q;;;;;;;;-1;;+2/p-1. The van der Waals surface area contributed by atoms with Crippen LogP contribution in [0.25, 0.3) is 0 Å². The average Bonchev–Trinajstić information content (AvgIpc) is 1.53. The number of phenolic OH excluding ortho intramolecular Hbond substituents is 4. The molecule has 27 rings (SSSR count). The van der Waals surface area contributed by atoms with Crippen LogP contribution in [0, 0.1) is 6.42 Å². The Morgan fingerprint density at radius 1 is 0.425 bits per heavy atom. The number of phenols is 4. The number of aliphatic hydroxyl groups excluding tert-OH is 2. The summed E-state index contributed by atoms with van der Waals surface area (Å²) in [6.45, 7) is 4.56. The Morgan fingerprint density at radius 3 is 1.43 bits per heavy atom. The quantitative estimate of drug-likeness (QED) is 0.0134. The third-order valence-electron chi connectivity index (χ3n) is 25.0. The first-order valence-electron chi connectivity index (χ1n) is 44.1. The first kappa shape index (κ1) is 101. The van der Waals surface area contributed by atoms with Crippen molar-refractivity contribution in [1.29, 1.82) is 0 Å². The van der Waals surface area contributed by atoms with Crippen molar-refractivity contribution in [3.63, 3.8) is 0 Å². The molecule has 5 unspecified atom stereocenters. The van der Waals surface area contributed by atoms with Gasteiger partial charge in [0.05, 0.1) is 39.6 Å². The molecule has 0 aliphatic carbocycles. The van der Waals surface area contributed by atoms with E-state index < -0.39 is 70.1 Å². The number of anilines is 7. The number of ether oxygens (including phenoxy) is 13. The number of aliphatic hydroxyl groups is 3. The predicted molar refractivity (Wildman–Crippen MR) is 511 cm³/mol. The van der Waals surface area contributed by atoms with E-state index in [-0.39, 0.29) is 140 Å². The molecule has 0 saturated carbocycles. The second-order valence-electron chi connectivity index (χ2n) is 33.2. The minimum Gasteiger partial charge on any atom is -1.00 e. The van der Waals surface area contributed by atoms with Crippen LogP contribution in [0.3, 0.4) is 0 Å². The Morgan fingerprint density at radius 2 is 0.877 bits per heavy atom. The van der Waals surface area contributed by atoms with E-state index in [2.05, 4.69) is 51.8 Å². The topological polar surface area (TPSA) is 490 Å². The average molecular weight is 2090 g/mol. The molecule has 746 valence electrons. The molecule has 43 heteroatoms. The van der Waals surface area contributed by atoms with Crippen LogP contribution in [0.5, 0.6) is 97.7 Å². The molecule has 14 aliphatic rings. The van der Waals surface area contributed by atoms with Crippen LogP contribution in [0.1, 0.15) is 97.3 Å².